The first-order valence-corrected chi connectivity index (χ1v) is 12.6. The molecule has 180 valence electrons. The van der Waals surface area contributed by atoms with Crippen molar-refractivity contribution in [2.45, 2.75) is 32.7 Å². The van der Waals surface area contributed by atoms with Gasteiger partial charge >= 0.3 is 0 Å². The summed E-state index contributed by atoms with van der Waals surface area (Å²) in [5, 5.41) is 5.31. The van der Waals surface area contributed by atoms with Crippen molar-refractivity contribution in [3.05, 3.63) is 77.3 Å². The van der Waals surface area contributed by atoms with E-state index in [2.05, 4.69) is 31.2 Å². The van der Waals surface area contributed by atoms with Crippen molar-refractivity contribution in [1.29, 1.82) is 0 Å². The van der Waals surface area contributed by atoms with Gasteiger partial charge in [0.15, 0.2) is 0 Å². The lowest BCUT2D eigenvalue weighted by atomic mass is 10.1. The number of nitrogens with one attached hydrogen (secondary N) is 1. The fourth-order valence-electron chi connectivity index (χ4n) is 4.50. The molecule has 0 bridgehead atoms. The number of rotatable bonds is 8. The molecule has 0 amide bonds. The van der Waals surface area contributed by atoms with E-state index in [0.717, 1.165) is 59.4 Å². The number of hydrogen-bond acceptors (Lipinski definition) is 7. The van der Waals surface area contributed by atoms with Crippen molar-refractivity contribution in [2.24, 2.45) is 0 Å². The van der Waals surface area contributed by atoms with E-state index in [1.807, 2.05) is 55.6 Å². The second-order valence-corrected chi connectivity index (χ2v) is 9.34. The highest BCUT2D eigenvalue weighted by Crippen LogP contribution is 2.25. The Labute approximate surface area is 211 Å². The topological polar surface area (TPSA) is 70.1 Å². The Morgan fingerprint density at radius 3 is 2.69 bits per heavy atom. The highest BCUT2D eigenvalue weighted by Gasteiger charge is 2.17. The summed E-state index contributed by atoms with van der Waals surface area (Å²) in [5.41, 5.74) is 3.87. The Morgan fingerprint density at radius 2 is 1.86 bits per heavy atom. The second kappa shape index (κ2) is 10.9. The molecule has 1 N–H and O–H groups in total. The smallest absolute Gasteiger partial charge is 0.227 e. The van der Waals surface area contributed by atoms with Gasteiger partial charge in [-0.3, -0.25) is 9.97 Å². The predicted octanol–water partition coefficient (Wildman–Crippen LogP) is 5.49. The summed E-state index contributed by atoms with van der Waals surface area (Å²) in [6.45, 7) is 6.22. The van der Waals surface area contributed by atoms with Crippen LogP contribution in [-0.2, 0) is 6.54 Å². The molecule has 0 aliphatic carbocycles. The van der Waals surface area contributed by atoms with Gasteiger partial charge in [-0.2, -0.15) is 4.98 Å². The van der Waals surface area contributed by atoms with Gasteiger partial charge in [0, 0.05) is 66.4 Å². The fraction of sp³-hybridized carbons (Fsp3) is 0.333. The van der Waals surface area contributed by atoms with Crippen molar-refractivity contribution < 1.29 is 0 Å². The number of fused-ring (bicyclic) bond motifs is 1. The van der Waals surface area contributed by atoms with Gasteiger partial charge < -0.3 is 15.1 Å². The maximum absolute atomic E-state index is 6.15. The summed E-state index contributed by atoms with van der Waals surface area (Å²) in [6.07, 6.45) is 7.36. The third kappa shape index (κ3) is 5.80. The highest BCUT2D eigenvalue weighted by atomic mass is 35.5. The van der Waals surface area contributed by atoms with Gasteiger partial charge in [0.2, 0.25) is 5.95 Å². The number of aryl methyl sites for hydroxylation is 1. The Morgan fingerprint density at radius 1 is 0.971 bits per heavy atom. The van der Waals surface area contributed by atoms with E-state index in [-0.39, 0.29) is 0 Å². The van der Waals surface area contributed by atoms with Crippen LogP contribution in [0.25, 0.3) is 10.9 Å². The Hall–Kier alpha value is -3.45. The zero-order valence-electron chi connectivity index (χ0n) is 20.0. The van der Waals surface area contributed by atoms with E-state index in [1.54, 1.807) is 6.20 Å². The average molecular weight is 488 g/mol. The van der Waals surface area contributed by atoms with Gasteiger partial charge in [0.05, 0.1) is 17.8 Å². The lowest BCUT2D eigenvalue weighted by Crippen LogP contribution is -2.33. The van der Waals surface area contributed by atoms with E-state index in [9.17, 15) is 0 Å². The van der Waals surface area contributed by atoms with Gasteiger partial charge in [0.1, 0.15) is 5.82 Å². The number of benzene rings is 1. The number of aromatic nitrogens is 4. The molecule has 4 heterocycles. The van der Waals surface area contributed by atoms with Crippen molar-refractivity contribution in [3.63, 3.8) is 0 Å². The molecule has 35 heavy (non-hydrogen) atoms. The zero-order chi connectivity index (χ0) is 24.0. The Balaban J connectivity index is 1.38. The molecule has 0 spiro atoms. The highest BCUT2D eigenvalue weighted by molar-refractivity contribution is 6.31. The van der Waals surface area contributed by atoms with Crippen molar-refractivity contribution >= 4 is 40.0 Å². The first-order valence-electron chi connectivity index (χ1n) is 12.2. The first kappa shape index (κ1) is 23.3. The number of hydrogen-bond donors (Lipinski definition) is 1. The van der Waals surface area contributed by atoms with E-state index in [0.29, 0.717) is 18.1 Å². The fourth-order valence-corrected chi connectivity index (χ4v) is 4.67. The molecule has 3 aromatic heterocycles. The minimum absolute atomic E-state index is 0.637. The van der Waals surface area contributed by atoms with Crippen LogP contribution in [0, 0.1) is 6.92 Å². The third-order valence-corrected chi connectivity index (χ3v) is 6.51. The summed E-state index contributed by atoms with van der Waals surface area (Å²) in [4.78, 5) is 23.4. The minimum Gasteiger partial charge on any atom is -0.383 e. The number of halogens is 1. The Kier molecular flexibility index (Phi) is 7.23. The first-order chi connectivity index (χ1) is 17.2. The molecule has 1 aliphatic heterocycles. The monoisotopic (exact) mass is 487 g/mol. The van der Waals surface area contributed by atoms with Gasteiger partial charge in [-0.15, -0.1) is 0 Å². The van der Waals surface area contributed by atoms with Crippen LogP contribution in [0.15, 0.2) is 60.9 Å². The second-order valence-electron chi connectivity index (χ2n) is 8.90. The van der Waals surface area contributed by atoms with Gasteiger partial charge in [0.25, 0.3) is 0 Å². The molecule has 1 aliphatic rings. The molecule has 1 saturated heterocycles. The minimum atomic E-state index is 0.637. The molecular formula is C27H30ClN7. The molecule has 0 unspecified atom stereocenters. The molecule has 8 heteroatoms. The molecule has 7 nitrogen and oxygen atoms in total. The van der Waals surface area contributed by atoms with E-state index >= 15 is 0 Å². The van der Waals surface area contributed by atoms with Gasteiger partial charge in [-0.05, 0) is 62.6 Å². The normalized spacial score (nSPS) is 13.7. The summed E-state index contributed by atoms with van der Waals surface area (Å²) in [6, 6.07) is 15.9. The van der Waals surface area contributed by atoms with E-state index in [4.69, 9.17) is 21.6 Å². The van der Waals surface area contributed by atoms with Crippen LogP contribution in [-0.4, -0.2) is 46.1 Å². The summed E-state index contributed by atoms with van der Waals surface area (Å²) in [7, 11) is 0. The molecule has 0 atom stereocenters. The molecule has 1 aromatic carbocycles. The third-order valence-electron chi connectivity index (χ3n) is 6.27. The predicted molar refractivity (Wildman–Crippen MR) is 143 cm³/mol. The van der Waals surface area contributed by atoms with E-state index < -0.39 is 0 Å². The molecule has 0 radical (unpaired) electrons. The van der Waals surface area contributed by atoms with Crippen LogP contribution >= 0.6 is 11.6 Å². The molecular weight excluding hydrogens is 458 g/mol. The number of piperidine rings is 1. The number of pyridine rings is 2. The average Bonchev–Trinajstić information content (AvgIpc) is 2.89. The van der Waals surface area contributed by atoms with Crippen LogP contribution in [0.5, 0.6) is 0 Å². The number of anilines is 3. The van der Waals surface area contributed by atoms with Gasteiger partial charge in [-0.25, -0.2) is 4.98 Å². The van der Waals surface area contributed by atoms with Crippen LogP contribution in [0.2, 0.25) is 5.02 Å². The van der Waals surface area contributed by atoms with Crippen LogP contribution in [0.4, 0.5) is 17.5 Å². The molecule has 0 saturated carbocycles. The lowest BCUT2D eigenvalue weighted by Gasteiger charge is -2.29. The summed E-state index contributed by atoms with van der Waals surface area (Å²) < 4.78 is 0. The van der Waals surface area contributed by atoms with Crippen LogP contribution < -0.4 is 15.1 Å². The summed E-state index contributed by atoms with van der Waals surface area (Å²) in [5.74, 6) is 1.76. The standard InChI is InChI=1S/C27H30ClN7/c1-20-17-26(34-14-5-2-6-15-34)33-27(32-20)35(19-22-7-3-4-11-29-22)16-13-31-24-10-12-30-25-18-21(28)8-9-23(24)25/h3-4,7-12,17-18H,2,5-6,13-16,19H2,1H3,(H,30,31). The largest absolute Gasteiger partial charge is 0.383 e. The lowest BCUT2D eigenvalue weighted by molar-refractivity contribution is 0.572. The van der Waals surface area contributed by atoms with Crippen molar-refractivity contribution in [2.75, 3.05) is 41.3 Å². The SMILES string of the molecule is Cc1cc(N2CCCCC2)nc(N(CCNc2ccnc3cc(Cl)ccc23)Cc2ccccn2)n1. The van der Waals surface area contributed by atoms with Crippen molar-refractivity contribution in [3.8, 4) is 0 Å². The van der Waals surface area contributed by atoms with Crippen LogP contribution in [0.1, 0.15) is 30.7 Å². The maximum atomic E-state index is 6.15. The van der Waals surface area contributed by atoms with Crippen molar-refractivity contribution in [1.82, 2.24) is 19.9 Å². The molecule has 5 rings (SSSR count). The molecule has 1 fully saturated rings. The Bertz CT molecular complexity index is 1280. The number of nitrogens with zero attached hydrogens (tertiary/aromatic N) is 6. The maximum Gasteiger partial charge on any atom is 0.227 e. The zero-order valence-corrected chi connectivity index (χ0v) is 20.7. The molecule has 4 aromatic rings. The van der Waals surface area contributed by atoms with Crippen LogP contribution in [0.3, 0.4) is 0 Å². The summed E-state index contributed by atoms with van der Waals surface area (Å²) >= 11 is 6.15. The quantitative estimate of drug-likeness (QED) is 0.352. The van der Waals surface area contributed by atoms with E-state index in [1.165, 1.54) is 19.3 Å². The van der Waals surface area contributed by atoms with Gasteiger partial charge in [-0.1, -0.05) is 17.7 Å².